The van der Waals surface area contributed by atoms with Gasteiger partial charge in [0.2, 0.25) is 0 Å². The van der Waals surface area contributed by atoms with E-state index in [2.05, 4.69) is 14.4 Å². The third-order valence-electron chi connectivity index (χ3n) is 3.99. The SMILES string of the molecule is O=S1(=O)NCc2cccc(-c3ccc(-c4ccccc4)cn3)c2N1. The molecule has 2 aromatic carbocycles. The Morgan fingerprint density at radius 3 is 2.46 bits per heavy atom. The van der Waals surface area contributed by atoms with E-state index < -0.39 is 10.2 Å². The second kappa shape index (κ2) is 5.74. The number of hydrogen-bond donors (Lipinski definition) is 2. The molecule has 2 heterocycles. The summed E-state index contributed by atoms with van der Waals surface area (Å²) in [7, 11) is -3.51. The first-order valence-corrected chi connectivity index (χ1v) is 9.02. The van der Waals surface area contributed by atoms with Crippen LogP contribution in [0.3, 0.4) is 0 Å². The van der Waals surface area contributed by atoms with Crippen LogP contribution < -0.4 is 9.44 Å². The summed E-state index contributed by atoms with van der Waals surface area (Å²) in [5.41, 5.74) is 5.11. The highest BCUT2D eigenvalue weighted by Gasteiger charge is 2.22. The largest absolute Gasteiger partial charge is 0.299 e. The zero-order chi connectivity index (χ0) is 16.6. The van der Waals surface area contributed by atoms with Crippen LogP contribution in [0, 0.1) is 0 Å². The van der Waals surface area contributed by atoms with E-state index in [4.69, 9.17) is 0 Å². The quantitative estimate of drug-likeness (QED) is 0.754. The van der Waals surface area contributed by atoms with Crippen molar-refractivity contribution in [1.29, 1.82) is 0 Å². The Morgan fingerprint density at radius 1 is 0.875 bits per heavy atom. The summed E-state index contributed by atoms with van der Waals surface area (Å²) in [6, 6.07) is 19.6. The molecular weight excluding hydrogens is 322 g/mol. The number of benzene rings is 2. The van der Waals surface area contributed by atoms with Crippen LogP contribution in [0.25, 0.3) is 22.4 Å². The molecule has 0 atom stereocenters. The molecule has 3 aromatic rings. The summed E-state index contributed by atoms with van der Waals surface area (Å²) in [6.45, 7) is 0.278. The van der Waals surface area contributed by atoms with Gasteiger partial charge in [0.25, 0.3) is 10.2 Å². The van der Waals surface area contributed by atoms with Crippen molar-refractivity contribution in [1.82, 2.24) is 9.71 Å². The summed E-state index contributed by atoms with van der Waals surface area (Å²) >= 11 is 0. The fraction of sp³-hybridized carbons (Fsp3) is 0.0556. The second-order valence-electron chi connectivity index (χ2n) is 5.56. The van der Waals surface area contributed by atoms with Crippen LogP contribution in [0.1, 0.15) is 5.56 Å². The van der Waals surface area contributed by atoms with Crippen LogP contribution in [0.5, 0.6) is 0 Å². The summed E-state index contributed by atoms with van der Waals surface area (Å²) in [6.07, 6.45) is 1.81. The van der Waals surface area contributed by atoms with Gasteiger partial charge in [0.1, 0.15) is 0 Å². The van der Waals surface area contributed by atoms with Gasteiger partial charge in [0.15, 0.2) is 0 Å². The Morgan fingerprint density at radius 2 is 1.71 bits per heavy atom. The standard InChI is InChI=1S/C18H15N3O2S/c22-24(23)20-12-15-7-4-8-16(18(15)21-24)17-10-9-14(11-19-17)13-5-2-1-3-6-13/h1-11,20-21H,12H2. The first kappa shape index (κ1) is 14.9. The third kappa shape index (κ3) is 2.77. The van der Waals surface area contributed by atoms with Crippen LogP contribution in [0.4, 0.5) is 5.69 Å². The first-order chi connectivity index (χ1) is 11.6. The van der Waals surface area contributed by atoms with Gasteiger partial charge in [0.05, 0.1) is 11.4 Å². The Labute approximate surface area is 140 Å². The molecule has 1 aromatic heterocycles. The predicted octanol–water partition coefficient (Wildman–Crippen LogP) is 3.18. The zero-order valence-electron chi connectivity index (χ0n) is 12.7. The highest BCUT2D eigenvalue weighted by atomic mass is 32.2. The lowest BCUT2D eigenvalue weighted by molar-refractivity contribution is 0.584. The Bertz CT molecular complexity index is 985. The molecule has 0 fully saturated rings. The Hall–Kier alpha value is -2.70. The lowest BCUT2D eigenvalue weighted by atomic mass is 10.0. The third-order valence-corrected chi connectivity index (χ3v) is 4.98. The highest BCUT2D eigenvalue weighted by molar-refractivity contribution is 7.90. The van der Waals surface area contributed by atoms with E-state index in [0.29, 0.717) is 5.69 Å². The molecule has 0 unspecified atom stereocenters. The molecule has 4 rings (SSSR count). The van der Waals surface area contributed by atoms with Gasteiger partial charge in [-0.3, -0.25) is 9.71 Å². The van der Waals surface area contributed by atoms with Crippen LogP contribution >= 0.6 is 0 Å². The molecule has 0 aliphatic carbocycles. The number of para-hydroxylation sites is 1. The van der Waals surface area contributed by atoms with Gasteiger partial charge in [0, 0.05) is 23.9 Å². The van der Waals surface area contributed by atoms with Crippen molar-refractivity contribution >= 4 is 15.9 Å². The van der Waals surface area contributed by atoms with Crippen molar-refractivity contribution in [3.8, 4) is 22.4 Å². The van der Waals surface area contributed by atoms with Gasteiger partial charge in [-0.15, -0.1) is 0 Å². The molecule has 0 saturated carbocycles. The van der Waals surface area contributed by atoms with E-state index in [1.807, 2.05) is 60.7 Å². The van der Waals surface area contributed by atoms with E-state index in [9.17, 15) is 8.42 Å². The van der Waals surface area contributed by atoms with Gasteiger partial charge in [-0.05, 0) is 17.2 Å². The lowest BCUT2D eigenvalue weighted by Gasteiger charge is -2.21. The monoisotopic (exact) mass is 337 g/mol. The van der Waals surface area contributed by atoms with Gasteiger partial charge in [-0.2, -0.15) is 13.1 Å². The average molecular weight is 337 g/mol. The minimum atomic E-state index is -3.51. The molecular formula is C18H15N3O2S. The van der Waals surface area contributed by atoms with Crippen LogP contribution in [-0.4, -0.2) is 13.4 Å². The molecule has 1 aliphatic heterocycles. The Kier molecular flexibility index (Phi) is 3.55. The first-order valence-electron chi connectivity index (χ1n) is 7.53. The molecule has 0 radical (unpaired) electrons. The van der Waals surface area contributed by atoms with Crippen molar-refractivity contribution in [2.24, 2.45) is 0 Å². The highest BCUT2D eigenvalue weighted by Crippen LogP contribution is 2.33. The second-order valence-corrected chi connectivity index (χ2v) is 7.06. The molecule has 1 aliphatic rings. The molecule has 0 saturated heterocycles. The molecule has 5 nitrogen and oxygen atoms in total. The molecule has 120 valence electrons. The zero-order valence-corrected chi connectivity index (χ0v) is 13.5. The fourth-order valence-corrected chi connectivity index (χ4v) is 3.71. The summed E-state index contributed by atoms with van der Waals surface area (Å²) in [5, 5.41) is 0. The maximum absolute atomic E-state index is 11.8. The van der Waals surface area contributed by atoms with Gasteiger partial charge in [-0.25, -0.2) is 0 Å². The number of anilines is 1. The van der Waals surface area contributed by atoms with E-state index in [1.54, 1.807) is 6.20 Å². The number of nitrogens with one attached hydrogen (secondary N) is 2. The number of aromatic nitrogens is 1. The van der Waals surface area contributed by atoms with E-state index >= 15 is 0 Å². The number of hydrogen-bond acceptors (Lipinski definition) is 3. The van der Waals surface area contributed by atoms with Crippen molar-refractivity contribution in [2.75, 3.05) is 4.72 Å². The number of pyridine rings is 1. The van der Waals surface area contributed by atoms with Crippen molar-refractivity contribution in [2.45, 2.75) is 6.54 Å². The van der Waals surface area contributed by atoms with Crippen molar-refractivity contribution in [3.63, 3.8) is 0 Å². The van der Waals surface area contributed by atoms with Crippen LogP contribution in [-0.2, 0) is 16.8 Å². The maximum atomic E-state index is 11.8. The molecule has 0 amide bonds. The van der Waals surface area contributed by atoms with Gasteiger partial charge in [-0.1, -0.05) is 54.6 Å². The van der Waals surface area contributed by atoms with Gasteiger partial charge < -0.3 is 0 Å². The molecule has 2 N–H and O–H groups in total. The fourth-order valence-electron chi connectivity index (χ4n) is 2.78. The summed E-state index contributed by atoms with van der Waals surface area (Å²) in [4.78, 5) is 4.53. The minimum Gasteiger partial charge on any atom is -0.270 e. The molecule has 6 heteroatoms. The number of nitrogens with zero attached hydrogens (tertiary/aromatic N) is 1. The Balaban J connectivity index is 1.75. The van der Waals surface area contributed by atoms with Crippen LogP contribution in [0.15, 0.2) is 66.9 Å². The lowest BCUT2D eigenvalue weighted by Crippen LogP contribution is -2.34. The van der Waals surface area contributed by atoms with Crippen molar-refractivity contribution < 1.29 is 8.42 Å². The van der Waals surface area contributed by atoms with E-state index in [1.165, 1.54) is 0 Å². The van der Waals surface area contributed by atoms with Crippen LogP contribution in [0.2, 0.25) is 0 Å². The molecule has 24 heavy (non-hydrogen) atoms. The maximum Gasteiger partial charge on any atom is 0.299 e. The summed E-state index contributed by atoms with van der Waals surface area (Å²) < 4.78 is 28.6. The van der Waals surface area contributed by atoms with Crippen molar-refractivity contribution in [3.05, 3.63) is 72.4 Å². The molecule has 0 spiro atoms. The summed E-state index contributed by atoms with van der Waals surface area (Å²) in [5.74, 6) is 0. The van der Waals surface area contributed by atoms with Gasteiger partial charge >= 0.3 is 0 Å². The topological polar surface area (TPSA) is 71.1 Å². The number of fused-ring (bicyclic) bond motifs is 1. The van der Waals surface area contributed by atoms with E-state index in [-0.39, 0.29) is 6.54 Å². The number of rotatable bonds is 2. The molecule has 0 bridgehead atoms. The average Bonchev–Trinajstić information content (AvgIpc) is 2.61. The predicted molar refractivity (Wildman–Crippen MR) is 94.5 cm³/mol. The normalized spacial score (nSPS) is 15.3. The smallest absolute Gasteiger partial charge is 0.270 e. The minimum absolute atomic E-state index is 0.278. The van der Waals surface area contributed by atoms with E-state index in [0.717, 1.165) is 27.9 Å².